The van der Waals surface area contributed by atoms with Gasteiger partial charge in [0.1, 0.15) is 11.8 Å². The number of carbonyl (C=O) groups is 1. The lowest BCUT2D eigenvalue weighted by atomic mass is 10.0. The molecule has 0 aliphatic carbocycles. The van der Waals surface area contributed by atoms with E-state index in [9.17, 15) is 10.1 Å². The lowest BCUT2D eigenvalue weighted by Gasteiger charge is -2.38. The molecule has 1 heterocycles. The van der Waals surface area contributed by atoms with Gasteiger partial charge in [-0.2, -0.15) is 5.26 Å². The highest BCUT2D eigenvalue weighted by molar-refractivity contribution is 6.32. The Morgan fingerprint density at radius 2 is 1.96 bits per heavy atom. The van der Waals surface area contributed by atoms with Crippen LogP contribution in [-0.2, 0) is 0 Å². The fourth-order valence-electron chi connectivity index (χ4n) is 2.83. The highest BCUT2D eigenvalue weighted by atomic mass is 35.5. The Hall–Kier alpha value is -1.77. The summed E-state index contributed by atoms with van der Waals surface area (Å²) in [6, 6.07) is 7.32. The quantitative estimate of drug-likeness (QED) is 0.848. The van der Waals surface area contributed by atoms with Gasteiger partial charge in [-0.05, 0) is 24.1 Å². The van der Waals surface area contributed by atoms with Crippen molar-refractivity contribution in [2.45, 2.75) is 19.9 Å². The molecule has 1 atom stereocenters. The number of piperazine rings is 1. The first-order valence-electron chi connectivity index (χ1n) is 7.74. The van der Waals surface area contributed by atoms with E-state index in [1.807, 2.05) is 18.7 Å². The van der Waals surface area contributed by atoms with Gasteiger partial charge in [0.15, 0.2) is 0 Å². The number of rotatable bonds is 4. The van der Waals surface area contributed by atoms with Crippen LogP contribution in [0.15, 0.2) is 18.2 Å². The van der Waals surface area contributed by atoms with Gasteiger partial charge in [0.05, 0.1) is 18.2 Å². The highest BCUT2D eigenvalue weighted by Gasteiger charge is 2.28. The zero-order valence-corrected chi connectivity index (χ0v) is 14.5. The van der Waals surface area contributed by atoms with Crippen LogP contribution in [0.4, 0.5) is 0 Å². The molecule has 0 aromatic heterocycles. The summed E-state index contributed by atoms with van der Waals surface area (Å²) < 4.78 is 5.17. The molecule has 1 aromatic carbocycles. The van der Waals surface area contributed by atoms with Gasteiger partial charge in [0.2, 0.25) is 0 Å². The molecule has 1 amide bonds. The first-order valence-corrected chi connectivity index (χ1v) is 8.12. The molecule has 6 heteroatoms. The van der Waals surface area contributed by atoms with Gasteiger partial charge in [0, 0.05) is 31.7 Å². The summed E-state index contributed by atoms with van der Waals surface area (Å²) in [5, 5.41) is 9.78. The van der Waals surface area contributed by atoms with Crippen molar-refractivity contribution in [1.29, 1.82) is 5.26 Å². The van der Waals surface area contributed by atoms with Crippen LogP contribution in [0.25, 0.3) is 0 Å². The molecule has 0 unspecified atom stereocenters. The van der Waals surface area contributed by atoms with E-state index in [2.05, 4.69) is 11.0 Å². The molecule has 1 aliphatic heterocycles. The van der Waals surface area contributed by atoms with E-state index >= 15 is 0 Å². The molecular weight excluding hydrogens is 314 g/mol. The lowest BCUT2D eigenvalue weighted by Crippen LogP contribution is -2.52. The first kappa shape index (κ1) is 17.6. The topological polar surface area (TPSA) is 56.6 Å². The van der Waals surface area contributed by atoms with Crippen LogP contribution in [-0.4, -0.2) is 55.0 Å². The minimum atomic E-state index is -0.0946. The molecule has 1 fully saturated rings. The number of nitrogens with zero attached hydrogens (tertiary/aromatic N) is 3. The fraction of sp³-hybridized carbons (Fsp3) is 0.529. The van der Waals surface area contributed by atoms with Crippen molar-refractivity contribution in [3.63, 3.8) is 0 Å². The predicted molar refractivity (Wildman–Crippen MR) is 89.7 cm³/mol. The largest absolute Gasteiger partial charge is 0.495 e. The minimum absolute atomic E-state index is 0.0299. The van der Waals surface area contributed by atoms with E-state index < -0.39 is 0 Å². The summed E-state index contributed by atoms with van der Waals surface area (Å²) in [5.41, 5.74) is 0.570. The van der Waals surface area contributed by atoms with Crippen molar-refractivity contribution < 1.29 is 9.53 Å². The molecule has 2 rings (SSSR count). The molecule has 0 N–H and O–H groups in total. The molecule has 5 nitrogen and oxygen atoms in total. The summed E-state index contributed by atoms with van der Waals surface area (Å²) in [7, 11) is 1.53. The second-order valence-corrected chi connectivity index (χ2v) is 6.40. The Morgan fingerprint density at radius 1 is 1.30 bits per heavy atom. The number of hydrogen-bond acceptors (Lipinski definition) is 4. The zero-order chi connectivity index (χ0) is 17.0. The Kier molecular flexibility index (Phi) is 5.86. The molecule has 1 aliphatic rings. The highest BCUT2D eigenvalue weighted by Crippen LogP contribution is 2.26. The number of nitriles is 1. The third-order valence-corrected chi connectivity index (χ3v) is 4.47. The molecule has 0 spiro atoms. The van der Waals surface area contributed by atoms with Gasteiger partial charge in [0.25, 0.3) is 5.91 Å². The molecule has 0 radical (unpaired) electrons. The Bertz CT molecular complexity index is 604. The Morgan fingerprint density at radius 3 is 2.48 bits per heavy atom. The van der Waals surface area contributed by atoms with Gasteiger partial charge >= 0.3 is 0 Å². The second kappa shape index (κ2) is 7.67. The normalized spacial score (nSPS) is 17.0. The van der Waals surface area contributed by atoms with Crippen LogP contribution >= 0.6 is 11.6 Å². The number of ether oxygens (including phenoxy) is 1. The SMILES string of the molecule is COc1cc(C(=O)N2CCN([C@H](C#N)C(C)C)CC2)ccc1Cl. The number of carbonyl (C=O) groups excluding carboxylic acids is 1. The van der Waals surface area contributed by atoms with Crippen LogP contribution in [0.3, 0.4) is 0 Å². The van der Waals surface area contributed by atoms with Gasteiger partial charge in [-0.1, -0.05) is 25.4 Å². The van der Waals surface area contributed by atoms with Crippen LogP contribution in [0.1, 0.15) is 24.2 Å². The van der Waals surface area contributed by atoms with Crippen molar-refractivity contribution in [2.24, 2.45) is 5.92 Å². The van der Waals surface area contributed by atoms with Crippen LogP contribution in [0.5, 0.6) is 5.75 Å². The second-order valence-electron chi connectivity index (χ2n) is 6.00. The van der Waals surface area contributed by atoms with E-state index in [-0.39, 0.29) is 17.9 Å². The molecule has 1 aromatic rings. The van der Waals surface area contributed by atoms with Crippen LogP contribution < -0.4 is 4.74 Å². The average Bonchev–Trinajstić information content (AvgIpc) is 2.55. The smallest absolute Gasteiger partial charge is 0.254 e. The molecule has 1 saturated heterocycles. The number of hydrogen-bond donors (Lipinski definition) is 0. The van der Waals surface area contributed by atoms with E-state index in [1.165, 1.54) is 7.11 Å². The van der Waals surface area contributed by atoms with Crippen LogP contribution in [0.2, 0.25) is 5.02 Å². The fourth-order valence-corrected chi connectivity index (χ4v) is 3.03. The van der Waals surface area contributed by atoms with Crippen molar-refractivity contribution in [3.8, 4) is 11.8 Å². The van der Waals surface area contributed by atoms with Crippen LogP contribution in [0, 0.1) is 17.2 Å². The lowest BCUT2D eigenvalue weighted by molar-refractivity contribution is 0.0576. The molecule has 0 bridgehead atoms. The minimum Gasteiger partial charge on any atom is -0.495 e. The van der Waals surface area contributed by atoms with E-state index in [4.69, 9.17) is 16.3 Å². The number of methoxy groups -OCH3 is 1. The summed E-state index contributed by atoms with van der Waals surface area (Å²) in [6.45, 7) is 6.76. The molecule has 124 valence electrons. The monoisotopic (exact) mass is 335 g/mol. The zero-order valence-electron chi connectivity index (χ0n) is 13.8. The predicted octanol–water partition coefficient (Wildman–Crippen LogP) is 2.65. The maximum atomic E-state index is 12.6. The Balaban J connectivity index is 2.03. The third-order valence-electron chi connectivity index (χ3n) is 4.16. The summed E-state index contributed by atoms with van der Waals surface area (Å²) in [6.07, 6.45) is 0. The molecule has 0 saturated carbocycles. The number of halogens is 1. The first-order chi connectivity index (χ1) is 11.0. The van der Waals surface area contributed by atoms with Gasteiger partial charge in [-0.15, -0.1) is 0 Å². The number of benzene rings is 1. The third kappa shape index (κ3) is 3.95. The maximum Gasteiger partial charge on any atom is 0.254 e. The van der Waals surface area contributed by atoms with Gasteiger partial charge in [-0.3, -0.25) is 9.69 Å². The van der Waals surface area contributed by atoms with E-state index in [1.54, 1.807) is 18.2 Å². The summed E-state index contributed by atoms with van der Waals surface area (Å²) in [4.78, 5) is 16.6. The Labute approximate surface area is 142 Å². The van der Waals surface area contributed by atoms with Gasteiger partial charge in [-0.25, -0.2) is 0 Å². The van der Waals surface area contributed by atoms with Crippen molar-refractivity contribution in [3.05, 3.63) is 28.8 Å². The van der Waals surface area contributed by atoms with Crippen molar-refractivity contribution >= 4 is 17.5 Å². The van der Waals surface area contributed by atoms with E-state index in [0.29, 0.717) is 42.5 Å². The standard InChI is InChI=1S/C17H22ClN3O2/c1-12(2)15(11-19)20-6-8-21(9-7-20)17(22)13-4-5-14(18)16(10-13)23-3/h4-5,10,12,15H,6-9H2,1-3H3/t15-/m1/s1. The van der Waals surface area contributed by atoms with Gasteiger partial charge < -0.3 is 9.64 Å². The average molecular weight is 336 g/mol. The summed E-state index contributed by atoms with van der Waals surface area (Å²) in [5.74, 6) is 0.751. The molecular formula is C17H22ClN3O2. The van der Waals surface area contributed by atoms with Crippen molar-refractivity contribution in [1.82, 2.24) is 9.80 Å². The maximum absolute atomic E-state index is 12.6. The number of amides is 1. The summed E-state index contributed by atoms with van der Waals surface area (Å²) >= 11 is 6.00. The van der Waals surface area contributed by atoms with Crippen molar-refractivity contribution in [2.75, 3.05) is 33.3 Å². The molecule has 23 heavy (non-hydrogen) atoms. The van der Waals surface area contributed by atoms with E-state index in [0.717, 1.165) is 0 Å².